The number of benzene rings is 3. The van der Waals surface area contributed by atoms with Crippen molar-refractivity contribution in [2.75, 3.05) is 0 Å². The Kier molecular flexibility index (Phi) is 3.28. The van der Waals surface area contributed by atoms with Gasteiger partial charge >= 0.3 is 0 Å². The first-order valence-electron chi connectivity index (χ1n) is 6.41. The quantitative estimate of drug-likeness (QED) is 0.732. The first-order valence-corrected chi connectivity index (χ1v) is 8.06. The fourth-order valence-corrected chi connectivity index (χ4v) is 3.73. The van der Waals surface area contributed by atoms with Gasteiger partial charge in [-0.3, -0.25) is 0 Å². The first kappa shape index (κ1) is 12.9. The van der Waals surface area contributed by atoms with Gasteiger partial charge in [0, 0.05) is 0 Å². The van der Waals surface area contributed by atoms with Gasteiger partial charge in [-0.1, -0.05) is 60.7 Å². The predicted molar refractivity (Wildman–Crippen MR) is 81.3 cm³/mol. The normalized spacial score (nSPS) is 11.6. The number of fused-ring (bicyclic) bond motifs is 1. The van der Waals surface area contributed by atoms with Gasteiger partial charge in [-0.05, 0) is 28.5 Å². The average molecular weight is 282 g/mol. The third kappa shape index (κ3) is 2.45. The van der Waals surface area contributed by atoms with Crippen molar-refractivity contribution in [3.05, 3.63) is 78.4 Å². The summed E-state index contributed by atoms with van der Waals surface area (Å²) in [6.45, 7) is 0. The third-order valence-corrected chi connectivity index (χ3v) is 5.01. The molecule has 0 heterocycles. The second-order valence-corrected chi connectivity index (χ2v) is 6.70. The van der Waals surface area contributed by atoms with E-state index in [-0.39, 0.29) is 5.75 Å². The van der Waals surface area contributed by atoms with E-state index >= 15 is 0 Å². The zero-order valence-corrected chi connectivity index (χ0v) is 11.7. The zero-order valence-electron chi connectivity index (χ0n) is 10.9. The maximum Gasteiger partial charge on any atom is 0.182 e. The average Bonchev–Trinajstić information content (AvgIpc) is 2.48. The van der Waals surface area contributed by atoms with Crippen LogP contribution in [0.4, 0.5) is 0 Å². The van der Waals surface area contributed by atoms with Crippen LogP contribution in [0.2, 0.25) is 0 Å². The number of sulfone groups is 1. The molecule has 0 aliphatic heterocycles. The van der Waals surface area contributed by atoms with Crippen molar-refractivity contribution >= 4 is 20.6 Å². The molecule has 0 saturated carbocycles. The van der Waals surface area contributed by atoms with E-state index in [4.69, 9.17) is 0 Å². The lowest BCUT2D eigenvalue weighted by atomic mass is 10.1. The number of hydrogen-bond acceptors (Lipinski definition) is 2. The van der Waals surface area contributed by atoms with E-state index < -0.39 is 9.84 Å². The summed E-state index contributed by atoms with van der Waals surface area (Å²) >= 11 is 0. The van der Waals surface area contributed by atoms with Gasteiger partial charge in [-0.15, -0.1) is 0 Å². The van der Waals surface area contributed by atoms with E-state index in [1.54, 1.807) is 24.3 Å². The summed E-state index contributed by atoms with van der Waals surface area (Å²) in [6.07, 6.45) is 0. The third-order valence-electron chi connectivity index (χ3n) is 3.33. The van der Waals surface area contributed by atoms with Gasteiger partial charge in [0.25, 0.3) is 0 Å². The van der Waals surface area contributed by atoms with Crippen molar-refractivity contribution in [3.8, 4) is 0 Å². The molecule has 0 amide bonds. The second kappa shape index (κ2) is 5.10. The Bertz CT molecular complexity index is 832. The molecule has 3 aromatic rings. The summed E-state index contributed by atoms with van der Waals surface area (Å²) in [5, 5.41) is 2.06. The molecule has 2 nitrogen and oxygen atoms in total. The van der Waals surface area contributed by atoms with Gasteiger partial charge in [0.1, 0.15) is 0 Å². The van der Waals surface area contributed by atoms with Crippen LogP contribution < -0.4 is 0 Å². The first-order chi connectivity index (χ1) is 9.67. The molecule has 0 atom stereocenters. The van der Waals surface area contributed by atoms with Gasteiger partial charge in [-0.2, -0.15) is 0 Å². The smallest absolute Gasteiger partial charge is 0.182 e. The fourth-order valence-electron chi connectivity index (χ4n) is 2.33. The highest BCUT2D eigenvalue weighted by atomic mass is 32.2. The highest BCUT2D eigenvalue weighted by Gasteiger charge is 2.16. The maximum absolute atomic E-state index is 12.4. The summed E-state index contributed by atoms with van der Waals surface area (Å²) in [6, 6.07) is 22.2. The molecule has 0 N–H and O–H groups in total. The maximum atomic E-state index is 12.4. The molecular formula is C17H14O2S. The lowest BCUT2D eigenvalue weighted by molar-refractivity contribution is 0.595. The van der Waals surface area contributed by atoms with Crippen LogP contribution in [0, 0.1) is 0 Å². The lowest BCUT2D eigenvalue weighted by Gasteiger charge is -2.08. The number of rotatable bonds is 3. The minimum Gasteiger partial charge on any atom is -0.223 e. The summed E-state index contributed by atoms with van der Waals surface area (Å²) in [4.78, 5) is 0.368. The minimum absolute atomic E-state index is 0.0262. The minimum atomic E-state index is -3.30. The Hall–Kier alpha value is -2.13. The SMILES string of the molecule is O=S(=O)(Cc1cccc2ccccc12)c1ccccc1. The van der Waals surface area contributed by atoms with E-state index in [2.05, 4.69) is 0 Å². The van der Waals surface area contributed by atoms with E-state index in [0.29, 0.717) is 4.90 Å². The Morgan fingerprint density at radius 2 is 1.35 bits per heavy atom. The molecule has 0 fully saturated rings. The molecule has 0 saturated heterocycles. The summed E-state index contributed by atoms with van der Waals surface area (Å²) in [5.74, 6) is 0.0262. The molecule has 0 aliphatic rings. The van der Waals surface area contributed by atoms with Crippen molar-refractivity contribution < 1.29 is 8.42 Å². The molecule has 0 aliphatic carbocycles. The standard InChI is InChI=1S/C17H14O2S/c18-20(19,16-10-2-1-3-11-16)13-15-9-6-8-14-7-4-5-12-17(14)15/h1-12H,13H2. The Balaban J connectivity index is 2.06. The van der Waals surface area contributed by atoms with Crippen LogP contribution in [-0.4, -0.2) is 8.42 Å². The molecule has 3 rings (SSSR count). The monoisotopic (exact) mass is 282 g/mol. The van der Waals surface area contributed by atoms with Crippen molar-refractivity contribution in [1.29, 1.82) is 0 Å². The van der Waals surface area contributed by atoms with Crippen LogP contribution in [0.25, 0.3) is 10.8 Å². The Morgan fingerprint density at radius 1 is 0.700 bits per heavy atom. The highest BCUT2D eigenvalue weighted by molar-refractivity contribution is 7.90. The van der Waals surface area contributed by atoms with Gasteiger partial charge in [-0.25, -0.2) is 8.42 Å². The molecule has 20 heavy (non-hydrogen) atoms. The molecule has 0 spiro atoms. The topological polar surface area (TPSA) is 34.1 Å². The van der Waals surface area contributed by atoms with Gasteiger partial charge in [0.2, 0.25) is 0 Å². The summed E-state index contributed by atoms with van der Waals surface area (Å²) in [5.41, 5.74) is 0.840. The van der Waals surface area contributed by atoms with Crippen LogP contribution in [0.1, 0.15) is 5.56 Å². The zero-order chi connectivity index (χ0) is 14.0. The van der Waals surface area contributed by atoms with Gasteiger partial charge < -0.3 is 0 Å². The van der Waals surface area contributed by atoms with Crippen molar-refractivity contribution in [3.63, 3.8) is 0 Å². The van der Waals surface area contributed by atoms with E-state index in [1.165, 1.54) is 0 Å². The van der Waals surface area contributed by atoms with Crippen LogP contribution in [-0.2, 0) is 15.6 Å². The van der Waals surface area contributed by atoms with Crippen molar-refractivity contribution in [2.24, 2.45) is 0 Å². The second-order valence-electron chi connectivity index (χ2n) is 4.71. The summed E-state index contributed by atoms with van der Waals surface area (Å²) < 4.78 is 24.9. The largest absolute Gasteiger partial charge is 0.223 e. The molecule has 3 aromatic carbocycles. The number of hydrogen-bond donors (Lipinski definition) is 0. The molecule has 3 heteroatoms. The van der Waals surface area contributed by atoms with Crippen LogP contribution >= 0.6 is 0 Å². The fraction of sp³-hybridized carbons (Fsp3) is 0.0588. The van der Waals surface area contributed by atoms with Crippen molar-refractivity contribution in [1.82, 2.24) is 0 Å². The van der Waals surface area contributed by atoms with E-state index in [1.807, 2.05) is 48.5 Å². The van der Waals surface area contributed by atoms with E-state index in [0.717, 1.165) is 16.3 Å². The van der Waals surface area contributed by atoms with Crippen LogP contribution in [0.15, 0.2) is 77.7 Å². The van der Waals surface area contributed by atoms with Gasteiger partial charge in [0.05, 0.1) is 10.6 Å². The Labute approximate surface area is 118 Å². The van der Waals surface area contributed by atoms with Crippen LogP contribution in [0.3, 0.4) is 0 Å². The molecule has 0 bridgehead atoms. The molecule has 0 radical (unpaired) electrons. The Morgan fingerprint density at radius 3 is 2.15 bits per heavy atom. The molecular weight excluding hydrogens is 268 g/mol. The van der Waals surface area contributed by atoms with E-state index in [9.17, 15) is 8.42 Å². The predicted octanol–water partition coefficient (Wildman–Crippen LogP) is 3.81. The van der Waals surface area contributed by atoms with Crippen LogP contribution in [0.5, 0.6) is 0 Å². The van der Waals surface area contributed by atoms with Crippen molar-refractivity contribution in [2.45, 2.75) is 10.6 Å². The lowest BCUT2D eigenvalue weighted by Crippen LogP contribution is -2.05. The van der Waals surface area contributed by atoms with Gasteiger partial charge in [0.15, 0.2) is 9.84 Å². The molecule has 0 unspecified atom stereocenters. The summed E-state index contributed by atoms with van der Waals surface area (Å²) in [7, 11) is -3.30. The highest BCUT2D eigenvalue weighted by Crippen LogP contribution is 2.23. The molecule has 0 aromatic heterocycles. The molecule has 100 valence electrons.